The molecule has 3 aromatic rings. The highest BCUT2D eigenvalue weighted by Crippen LogP contribution is 2.32. The number of piperidine rings is 1. The van der Waals surface area contributed by atoms with Crippen molar-refractivity contribution in [1.29, 1.82) is 0 Å². The van der Waals surface area contributed by atoms with Crippen LogP contribution in [0.5, 0.6) is 5.75 Å². The van der Waals surface area contributed by atoms with E-state index in [9.17, 15) is 24.5 Å². The Balaban J connectivity index is 1.20. The molecule has 4 atom stereocenters. The number of hydrogen-bond donors (Lipinski definition) is 4. The number of likely N-dealkylation sites (tertiary alicyclic amines) is 1. The van der Waals surface area contributed by atoms with Gasteiger partial charge in [0.1, 0.15) is 35.4 Å². The Kier molecular flexibility index (Phi) is 7.39. The number of hydrogen-bond acceptors (Lipinski definition) is 10. The number of nitrogens with two attached hydrogens (primary N) is 1. The molecule has 2 aromatic heterocycles. The molecule has 2 fully saturated rings. The number of aliphatic hydroxyl groups excluding tert-OH is 3. The van der Waals surface area contributed by atoms with Gasteiger partial charge in [-0.2, -0.15) is 0 Å². The number of nitrogen functional groups attached to an aromatic ring is 1. The quantitative estimate of drug-likeness (QED) is 0.357. The largest absolute Gasteiger partial charge is 0.415 e. The number of carbonyl (C=O) groups is 1. The van der Waals surface area contributed by atoms with E-state index in [0.717, 1.165) is 12.8 Å². The Morgan fingerprint density at radius 1 is 1.18 bits per heavy atom. The Morgan fingerprint density at radius 3 is 2.61 bits per heavy atom. The molecule has 0 bridgehead atoms. The molecule has 1 aromatic carbocycles. The topological polar surface area (TPSA) is 169 Å². The third kappa shape index (κ3) is 5.25. The maximum atomic E-state index is 13.0. The van der Waals surface area contributed by atoms with E-state index in [-0.39, 0.29) is 23.2 Å². The first-order valence-electron chi connectivity index (χ1n) is 12.2. The van der Waals surface area contributed by atoms with E-state index < -0.39 is 43.1 Å². The molecule has 200 valence electrons. The highest BCUT2D eigenvalue weighted by molar-refractivity contribution is 5.82. The summed E-state index contributed by atoms with van der Waals surface area (Å²) < 4.78 is 25.3. The maximum absolute atomic E-state index is 13.0. The summed E-state index contributed by atoms with van der Waals surface area (Å²) in [7, 11) is 0. The van der Waals surface area contributed by atoms with Crippen molar-refractivity contribution in [2.45, 2.75) is 43.8 Å². The SMILES string of the molecule is Nc1nc(C#CCC2CCN(C(=O)Oc3ccc(F)cc3)CC2)nc2c1ncn2[C@@H]1O[C@H](CO)[C@H](O)C1O. The monoisotopic (exact) mass is 526 g/mol. The molecule has 5 rings (SSSR count). The lowest BCUT2D eigenvalue weighted by atomic mass is 9.94. The van der Waals surface area contributed by atoms with Crippen LogP contribution in [0, 0.1) is 23.6 Å². The van der Waals surface area contributed by atoms with E-state index in [1.165, 1.54) is 35.2 Å². The second-order valence-electron chi connectivity index (χ2n) is 9.24. The molecule has 1 amide bonds. The normalized spacial score (nSPS) is 23.8. The summed E-state index contributed by atoms with van der Waals surface area (Å²) in [6, 6.07) is 5.29. The summed E-state index contributed by atoms with van der Waals surface area (Å²) in [5.74, 6) is 6.44. The second-order valence-corrected chi connectivity index (χ2v) is 9.24. The molecule has 2 aliphatic rings. The van der Waals surface area contributed by atoms with Crippen LogP contribution in [0.15, 0.2) is 30.6 Å². The molecule has 5 N–H and O–H groups in total. The average molecular weight is 527 g/mol. The van der Waals surface area contributed by atoms with Crippen LogP contribution in [-0.2, 0) is 4.74 Å². The average Bonchev–Trinajstić information content (AvgIpc) is 3.46. The maximum Gasteiger partial charge on any atom is 0.415 e. The van der Waals surface area contributed by atoms with Gasteiger partial charge >= 0.3 is 6.09 Å². The molecule has 2 saturated heterocycles. The molecule has 4 heterocycles. The minimum atomic E-state index is -1.30. The second kappa shape index (κ2) is 10.9. The highest BCUT2D eigenvalue weighted by Gasteiger charge is 2.44. The molecule has 1 unspecified atom stereocenters. The first-order chi connectivity index (χ1) is 18.3. The van der Waals surface area contributed by atoms with Gasteiger partial charge in [0.15, 0.2) is 17.7 Å². The fourth-order valence-electron chi connectivity index (χ4n) is 4.55. The predicted octanol–water partition coefficient (Wildman–Crippen LogP) is 0.812. The Bertz CT molecular complexity index is 1360. The van der Waals surface area contributed by atoms with Crippen LogP contribution in [0.4, 0.5) is 15.0 Å². The molecule has 0 spiro atoms. The summed E-state index contributed by atoms with van der Waals surface area (Å²) >= 11 is 0. The zero-order valence-corrected chi connectivity index (χ0v) is 20.3. The number of halogens is 1. The zero-order chi connectivity index (χ0) is 26.8. The van der Waals surface area contributed by atoms with Gasteiger partial charge in [-0.3, -0.25) is 4.57 Å². The molecule has 38 heavy (non-hydrogen) atoms. The van der Waals surface area contributed by atoms with Gasteiger partial charge in [-0.1, -0.05) is 5.92 Å². The number of anilines is 1. The molecule has 0 saturated carbocycles. The third-order valence-corrected chi connectivity index (χ3v) is 6.72. The predicted molar refractivity (Wildman–Crippen MR) is 131 cm³/mol. The van der Waals surface area contributed by atoms with Crippen LogP contribution in [-0.4, -0.2) is 83.8 Å². The Morgan fingerprint density at radius 2 is 1.92 bits per heavy atom. The molecule has 13 heteroatoms. The summed E-state index contributed by atoms with van der Waals surface area (Å²) in [6.45, 7) is 0.584. The van der Waals surface area contributed by atoms with Gasteiger partial charge in [0.2, 0.25) is 5.82 Å². The molecule has 2 aliphatic heterocycles. The lowest BCUT2D eigenvalue weighted by molar-refractivity contribution is -0.0511. The molecule has 0 aliphatic carbocycles. The summed E-state index contributed by atoms with van der Waals surface area (Å²) in [5, 5.41) is 29.8. The standard InChI is InChI=1S/C25H27FN6O6/c26-15-4-6-16(7-5-15)37-25(36)31-10-8-14(9-11-31)2-1-3-18-29-22(27)19-23(30-18)32(13-28-19)24-21(35)20(34)17(12-33)38-24/h4-7,13-14,17,20-21,24,33-35H,2,8-12H2,(H2,27,29,30)/t17-,20+,21?,24-/m1/s1. The molecular weight excluding hydrogens is 499 g/mol. The third-order valence-electron chi connectivity index (χ3n) is 6.72. The summed E-state index contributed by atoms with van der Waals surface area (Å²) in [6.07, 6.45) is -1.56. The smallest absolute Gasteiger partial charge is 0.410 e. The van der Waals surface area contributed by atoms with Gasteiger partial charge in [0, 0.05) is 19.5 Å². The van der Waals surface area contributed by atoms with Crippen molar-refractivity contribution in [2.24, 2.45) is 5.92 Å². The minimum absolute atomic E-state index is 0.109. The van der Waals surface area contributed by atoms with Crippen molar-refractivity contribution < 1.29 is 34.0 Å². The van der Waals surface area contributed by atoms with Gasteiger partial charge in [-0.25, -0.2) is 24.1 Å². The van der Waals surface area contributed by atoms with Gasteiger partial charge in [0.05, 0.1) is 12.9 Å². The fraction of sp³-hybridized carbons (Fsp3) is 0.440. The Hall–Kier alpha value is -3.83. The number of benzene rings is 1. The lowest BCUT2D eigenvalue weighted by Gasteiger charge is -2.30. The number of nitrogens with zero attached hydrogens (tertiary/aromatic N) is 5. The first-order valence-corrected chi connectivity index (χ1v) is 12.2. The van der Waals surface area contributed by atoms with E-state index in [1.807, 2.05) is 0 Å². The van der Waals surface area contributed by atoms with Crippen LogP contribution in [0.25, 0.3) is 11.2 Å². The van der Waals surface area contributed by atoms with E-state index in [0.29, 0.717) is 30.8 Å². The van der Waals surface area contributed by atoms with Crippen molar-refractivity contribution in [2.75, 3.05) is 25.4 Å². The van der Waals surface area contributed by atoms with Crippen LogP contribution in [0.1, 0.15) is 31.3 Å². The van der Waals surface area contributed by atoms with Gasteiger partial charge in [0.25, 0.3) is 0 Å². The van der Waals surface area contributed by atoms with Crippen LogP contribution >= 0.6 is 0 Å². The van der Waals surface area contributed by atoms with Crippen molar-refractivity contribution >= 4 is 23.1 Å². The van der Waals surface area contributed by atoms with E-state index >= 15 is 0 Å². The number of aliphatic hydroxyl groups is 3. The van der Waals surface area contributed by atoms with Crippen molar-refractivity contribution in [1.82, 2.24) is 24.4 Å². The summed E-state index contributed by atoms with van der Waals surface area (Å²) in [4.78, 5) is 26.8. The number of fused-ring (bicyclic) bond motifs is 1. The number of carbonyl (C=O) groups excluding carboxylic acids is 1. The molecular formula is C25H27FN6O6. The van der Waals surface area contributed by atoms with Crippen molar-refractivity contribution in [3.05, 3.63) is 42.2 Å². The van der Waals surface area contributed by atoms with Crippen molar-refractivity contribution in [3.63, 3.8) is 0 Å². The molecule has 12 nitrogen and oxygen atoms in total. The number of amides is 1. The van der Waals surface area contributed by atoms with Gasteiger partial charge < -0.3 is 35.4 Å². The molecule has 0 radical (unpaired) electrons. The zero-order valence-electron chi connectivity index (χ0n) is 20.3. The number of imidazole rings is 1. The fourth-order valence-corrected chi connectivity index (χ4v) is 4.55. The first kappa shape index (κ1) is 25.8. The Labute approximate surface area is 216 Å². The van der Waals surface area contributed by atoms with E-state index in [4.69, 9.17) is 15.2 Å². The van der Waals surface area contributed by atoms with Crippen LogP contribution in [0.2, 0.25) is 0 Å². The van der Waals surface area contributed by atoms with Crippen molar-refractivity contribution in [3.8, 4) is 17.6 Å². The number of aromatic nitrogens is 4. The van der Waals surface area contributed by atoms with Crippen LogP contribution in [0.3, 0.4) is 0 Å². The van der Waals surface area contributed by atoms with E-state index in [2.05, 4.69) is 26.8 Å². The van der Waals surface area contributed by atoms with Gasteiger partial charge in [-0.15, -0.1) is 0 Å². The summed E-state index contributed by atoms with van der Waals surface area (Å²) in [5.41, 5.74) is 6.63. The van der Waals surface area contributed by atoms with Gasteiger partial charge in [-0.05, 0) is 48.9 Å². The minimum Gasteiger partial charge on any atom is -0.410 e. The highest BCUT2D eigenvalue weighted by atomic mass is 19.1. The lowest BCUT2D eigenvalue weighted by Crippen LogP contribution is -2.40. The number of rotatable bonds is 4. The van der Waals surface area contributed by atoms with E-state index in [1.54, 1.807) is 4.90 Å². The number of ether oxygens (including phenoxy) is 2. The van der Waals surface area contributed by atoms with Crippen LogP contribution < -0.4 is 10.5 Å².